The molecule has 0 spiro atoms. The number of hydrogen-bond acceptors (Lipinski definition) is 6. The molecule has 1 N–H and O–H groups in total. The number of nitrogens with one attached hydrogen (secondary N) is 1. The van der Waals surface area contributed by atoms with Gasteiger partial charge in [-0.1, -0.05) is 29.5 Å². The van der Waals surface area contributed by atoms with Crippen molar-refractivity contribution < 1.29 is 18.0 Å². The van der Waals surface area contributed by atoms with Gasteiger partial charge >= 0.3 is 0 Å². The van der Waals surface area contributed by atoms with Crippen LogP contribution in [-0.2, 0) is 19.4 Å². The second-order valence-electron chi connectivity index (χ2n) is 5.77. The molecule has 1 aromatic carbocycles. The van der Waals surface area contributed by atoms with Crippen molar-refractivity contribution in [2.24, 2.45) is 5.10 Å². The third-order valence-electron chi connectivity index (χ3n) is 3.37. The maximum absolute atomic E-state index is 12.7. The second kappa shape index (κ2) is 6.56. The van der Waals surface area contributed by atoms with E-state index >= 15 is 0 Å². The van der Waals surface area contributed by atoms with Crippen LogP contribution < -0.4 is 5.32 Å². The summed E-state index contributed by atoms with van der Waals surface area (Å²) in [4.78, 5) is 22.1. The molecule has 2 amide bonds. The normalized spacial score (nSPS) is 20.7. The summed E-state index contributed by atoms with van der Waals surface area (Å²) >= 11 is 1.05. The first-order valence-corrected chi connectivity index (χ1v) is 9.66. The first-order valence-electron chi connectivity index (χ1n) is 7.19. The van der Waals surface area contributed by atoms with Crippen LogP contribution in [0.25, 0.3) is 0 Å². The van der Waals surface area contributed by atoms with Gasteiger partial charge in [-0.05, 0) is 26.0 Å². The number of amidine groups is 1. The predicted molar refractivity (Wildman–Crippen MR) is 93.0 cm³/mol. The van der Waals surface area contributed by atoms with Crippen LogP contribution in [0.3, 0.4) is 0 Å². The number of benzene rings is 1. The standard InChI is InChI=1S/C15H19N3O4S2/c1-10-5-7-13(8-6-10)24(21,22)9-15(4)18(12(3)20)17-14(23-15)16-11(2)19/h5-8H,9H2,1-4H3,(H,16,17,19). The highest BCUT2D eigenvalue weighted by molar-refractivity contribution is 8.15. The molecule has 1 aromatic rings. The number of hydrazone groups is 1. The van der Waals surface area contributed by atoms with E-state index in [9.17, 15) is 18.0 Å². The molecule has 0 saturated carbocycles. The summed E-state index contributed by atoms with van der Waals surface area (Å²) < 4.78 is 25.4. The van der Waals surface area contributed by atoms with Crippen molar-refractivity contribution in [1.82, 2.24) is 10.3 Å². The summed E-state index contributed by atoms with van der Waals surface area (Å²) in [6.07, 6.45) is 0. The number of sulfone groups is 1. The number of carbonyl (C=O) groups is 2. The van der Waals surface area contributed by atoms with Crippen LogP contribution >= 0.6 is 11.8 Å². The third-order valence-corrected chi connectivity index (χ3v) is 6.62. The summed E-state index contributed by atoms with van der Waals surface area (Å²) in [5.41, 5.74) is 0.956. The van der Waals surface area contributed by atoms with Crippen LogP contribution in [0.15, 0.2) is 34.3 Å². The Morgan fingerprint density at radius 1 is 1.25 bits per heavy atom. The van der Waals surface area contributed by atoms with Crippen molar-refractivity contribution >= 4 is 38.6 Å². The molecule has 7 nitrogen and oxygen atoms in total. The van der Waals surface area contributed by atoms with E-state index in [4.69, 9.17) is 0 Å². The fourth-order valence-corrected chi connectivity index (χ4v) is 5.58. The highest BCUT2D eigenvalue weighted by Gasteiger charge is 2.45. The van der Waals surface area contributed by atoms with Crippen LogP contribution in [0.4, 0.5) is 0 Å². The van der Waals surface area contributed by atoms with Gasteiger partial charge in [-0.2, -0.15) is 0 Å². The van der Waals surface area contributed by atoms with E-state index in [1.807, 2.05) is 6.92 Å². The van der Waals surface area contributed by atoms with E-state index in [1.54, 1.807) is 31.2 Å². The van der Waals surface area contributed by atoms with Crippen molar-refractivity contribution in [2.45, 2.75) is 37.5 Å². The van der Waals surface area contributed by atoms with Crippen LogP contribution in [0.5, 0.6) is 0 Å². The lowest BCUT2D eigenvalue weighted by molar-refractivity contribution is -0.131. The number of carbonyl (C=O) groups excluding carboxylic acids is 2. The molecule has 0 aliphatic carbocycles. The molecule has 1 aliphatic heterocycles. The van der Waals surface area contributed by atoms with Crippen molar-refractivity contribution in [1.29, 1.82) is 0 Å². The fraction of sp³-hybridized carbons (Fsp3) is 0.400. The summed E-state index contributed by atoms with van der Waals surface area (Å²) in [6.45, 7) is 6.11. The SMILES string of the molecule is CC(=O)NC1=NN(C(C)=O)C(C)(CS(=O)(=O)c2ccc(C)cc2)S1. The number of rotatable bonds is 3. The first kappa shape index (κ1) is 18.5. The van der Waals surface area contributed by atoms with Crippen molar-refractivity contribution in [3.63, 3.8) is 0 Å². The molecule has 0 saturated heterocycles. The number of amides is 2. The molecule has 1 heterocycles. The van der Waals surface area contributed by atoms with E-state index in [2.05, 4.69) is 10.4 Å². The Balaban J connectivity index is 2.30. The Labute approximate surface area is 145 Å². The van der Waals surface area contributed by atoms with Gasteiger partial charge < -0.3 is 5.32 Å². The van der Waals surface area contributed by atoms with Gasteiger partial charge in [0.15, 0.2) is 15.0 Å². The zero-order chi connectivity index (χ0) is 18.1. The molecule has 0 aromatic heterocycles. The minimum absolute atomic E-state index is 0.186. The van der Waals surface area contributed by atoms with Gasteiger partial charge in [-0.15, -0.1) is 5.10 Å². The summed E-state index contributed by atoms with van der Waals surface area (Å²) in [6, 6.07) is 6.53. The molecule has 1 unspecified atom stereocenters. The van der Waals surface area contributed by atoms with Gasteiger partial charge in [0.05, 0.1) is 10.6 Å². The van der Waals surface area contributed by atoms with Gasteiger partial charge in [-0.3, -0.25) is 9.59 Å². The largest absolute Gasteiger partial charge is 0.304 e. The van der Waals surface area contributed by atoms with Crippen molar-refractivity contribution in [2.75, 3.05) is 5.75 Å². The lowest BCUT2D eigenvalue weighted by atomic mass is 10.2. The Morgan fingerprint density at radius 2 is 1.83 bits per heavy atom. The third kappa shape index (κ3) is 3.96. The van der Waals surface area contributed by atoms with Gasteiger partial charge in [-0.25, -0.2) is 13.4 Å². The molecule has 1 atom stereocenters. The molecule has 24 heavy (non-hydrogen) atoms. The summed E-state index contributed by atoms with van der Waals surface area (Å²) in [5.74, 6) is -1.06. The Bertz CT molecular complexity index is 803. The van der Waals surface area contributed by atoms with Gasteiger partial charge in [0, 0.05) is 13.8 Å². The minimum Gasteiger partial charge on any atom is -0.304 e. The lowest BCUT2D eigenvalue weighted by Gasteiger charge is -2.30. The maximum Gasteiger partial charge on any atom is 0.240 e. The van der Waals surface area contributed by atoms with E-state index in [0.29, 0.717) is 0 Å². The molecular formula is C15H19N3O4S2. The Kier molecular flexibility index (Phi) is 5.05. The zero-order valence-electron chi connectivity index (χ0n) is 13.9. The number of aryl methyl sites for hydroxylation is 1. The zero-order valence-corrected chi connectivity index (χ0v) is 15.5. The Morgan fingerprint density at radius 3 is 2.33 bits per heavy atom. The average Bonchev–Trinajstić information content (AvgIpc) is 2.74. The van der Waals surface area contributed by atoms with Crippen LogP contribution in [-0.4, -0.2) is 41.0 Å². The smallest absolute Gasteiger partial charge is 0.240 e. The van der Waals surface area contributed by atoms with Gasteiger partial charge in [0.1, 0.15) is 4.87 Å². The molecule has 9 heteroatoms. The van der Waals surface area contributed by atoms with Crippen LogP contribution in [0.2, 0.25) is 0 Å². The van der Waals surface area contributed by atoms with E-state index in [0.717, 1.165) is 22.3 Å². The number of hydrogen-bond donors (Lipinski definition) is 1. The lowest BCUT2D eigenvalue weighted by Crippen LogP contribution is -2.45. The molecule has 0 radical (unpaired) electrons. The van der Waals surface area contributed by atoms with Crippen LogP contribution in [0.1, 0.15) is 26.3 Å². The van der Waals surface area contributed by atoms with E-state index in [-0.39, 0.29) is 21.7 Å². The van der Waals surface area contributed by atoms with Crippen LogP contribution in [0, 0.1) is 6.92 Å². The molecule has 1 aliphatic rings. The fourth-order valence-electron chi connectivity index (χ4n) is 2.35. The highest BCUT2D eigenvalue weighted by atomic mass is 32.2. The van der Waals surface area contributed by atoms with E-state index < -0.39 is 20.6 Å². The quantitative estimate of drug-likeness (QED) is 0.871. The van der Waals surface area contributed by atoms with Gasteiger partial charge in [0.25, 0.3) is 0 Å². The molecule has 0 bridgehead atoms. The van der Waals surface area contributed by atoms with Crippen molar-refractivity contribution in [3.05, 3.63) is 29.8 Å². The first-order chi connectivity index (χ1) is 11.0. The number of thioether (sulfide) groups is 1. The molecule has 2 rings (SSSR count). The highest BCUT2D eigenvalue weighted by Crippen LogP contribution is 2.38. The summed E-state index contributed by atoms with van der Waals surface area (Å²) in [7, 11) is -3.64. The van der Waals surface area contributed by atoms with Crippen molar-refractivity contribution in [3.8, 4) is 0 Å². The molecule has 130 valence electrons. The predicted octanol–water partition coefficient (Wildman–Crippen LogP) is 1.49. The summed E-state index contributed by atoms with van der Waals surface area (Å²) in [5, 5.41) is 7.85. The van der Waals surface area contributed by atoms with E-state index in [1.165, 1.54) is 13.8 Å². The topological polar surface area (TPSA) is 95.9 Å². The molecular weight excluding hydrogens is 350 g/mol. The Hall–Kier alpha value is -1.87. The second-order valence-corrected chi connectivity index (χ2v) is 9.23. The maximum atomic E-state index is 12.7. The molecule has 0 fully saturated rings. The monoisotopic (exact) mass is 369 g/mol. The number of nitrogens with zero attached hydrogens (tertiary/aromatic N) is 2. The minimum atomic E-state index is -3.64. The average molecular weight is 369 g/mol. The van der Waals surface area contributed by atoms with Gasteiger partial charge in [0.2, 0.25) is 11.8 Å².